The number of hydrogen-bond acceptors (Lipinski definition) is 4. The Bertz CT molecular complexity index is 753. The number of likely N-dealkylation sites (N-methyl/N-ethyl adjacent to an activating group) is 1. The Morgan fingerprint density at radius 1 is 1.30 bits per heavy atom. The molecule has 1 N–H and O–H groups in total. The average Bonchev–Trinajstić information content (AvgIpc) is 2.98. The number of para-hydroxylation sites is 1. The summed E-state index contributed by atoms with van der Waals surface area (Å²) in [5.41, 5.74) is 2.26. The molecule has 0 saturated heterocycles. The Kier molecular flexibility index (Phi) is 3.82. The first-order valence-corrected chi connectivity index (χ1v) is 7.42. The molecular formula is C17H19N3O3. The Morgan fingerprint density at radius 3 is 2.70 bits per heavy atom. The van der Waals surface area contributed by atoms with Gasteiger partial charge in [0.15, 0.2) is 6.17 Å². The summed E-state index contributed by atoms with van der Waals surface area (Å²) in [6, 6.07) is 9.17. The van der Waals surface area contributed by atoms with E-state index in [0.29, 0.717) is 11.3 Å². The van der Waals surface area contributed by atoms with Gasteiger partial charge >= 0.3 is 0 Å². The number of carbonyl (C=O) groups is 2. The highest BCUT2D eigenvalue weighted by atomic mass is 16.3. The molecule has 2 heterocycles. The molecule has 120 valence electrons. The van der Waals surface area contributed by atoms with Crippen LogP contribution in [0.25, 0.3) is 0 Å². The van der Waals surface area contributed by atoms with Crippen LogP contribution in [0, 0.1) is 6.92 Å². The van der Waals surface area contributed by atoms with E-state index in [1.165, 1.54) is 0 Å². The van der Waals surface area contributed by atoms with Crippen molar-refractivity contribution in [2.75, 3.05) is 25.5 Å². The molecule has 1 aliphatic rings. The Morgan fingerprint density at radius 2 is 2.04 bits per heavy atom. The zero-order chi connectivity index (χ0) is 16.6. The van der Waals surface area contributed by atoms with Crippen molar-refractivity contribution in [3.63, 3.8) is 0 Å². The zero-order valence-electron chi connectivity index (χ0n) is 13.4. The van der Waals surface area contributed by atoms with Crippen molar-refractivity contribution in [2.24, 2.45) is 0 Å². The van der Waals surface area contributed by atoms with E-state index in [0.717, 1.165) is 11.3 Å². The average molecular weight is 313 g/mol. The van der Waals surface area contributed by atoms with E-state index in [1.54, 1.807) is 31.3 Å². The highest BCUT2D eigenvalue weighted by molar-refractivity contribution is 6.02. The van der Waals surface area contributed by atoms with Gasteiger partial charge in [-0.15, -0.1) is 0 Å². The number of aryl methyl sites for hydroxylation is 1. The summed E-state index contributed by atoms with van der Waals surface area (Å²) < 4.78 is 5.62. The maximum Gasteiger partial charge on any atom is 0.257 e. The standard InChI is InChI=1S/C17H19N3O3/c1-11-8-9-23-15(11)16-19(3)17(22)12-6-4-5-7-13(12)20(16)10-14(21)18-2/h4-9,16H,10H2,1-3H3,(H,18,21). The van der Waals surface area contributed by atoms with Crippen LogP contribution < -0.4 is 10.2 Å². The predicted molar refractivity (Wildman–Crippen MR) is 86.1 cm³/mol. The molecule has 0 saturated carbocycles. The predicted octanol–water partition coefficient (Wildman–Crippen LogP) is 1.92. The van der Waals surface area contributed by atoms with Gasteiger partial charge in [0.25, 0.3) is 5.91 Å². The number of carbonyl (C=O) groups excluding carboxylic acids is 2. The van der Waals surface area contributed by atoms with E-state index in [4.69, 9.17) is 4.42 Å². The van der Waals surface area contributed by atoms with Gasteiger partial charge < -0.3 is 19.5 Å². The summed E-state index contributed by atoms with van der Waals surface area (Å²) in [5, 5.41) is 2.63. The monoisotopic (exact) mass is 313 g/mol. The molecule has 0 aliphatic carbocycles. The maximum absolute atomic E-state index is 12.7. The lowest BCUT2D eigenvalue weighted by Crippen LogP contribution is -2.50. The summed E-state index contributed by atoms with van der Waals surface area (Å²) in [5.74, 6) is 0.450. The van der Waals surface area contributed by atoms with Crippen LogP contribution in [0.4, 0.5) is 5.69 Å². The molecule has 1 unspecified atom stereocenters. The Labute approximate surface area is 134 Å². The summed E-state index contributed by atoms with van der Waals surface area (Å²) >= 11 is 0. The van der Waals surface area contributed by atoms with E-state index in [1.807, 2.05) is 36.1 Å². The number of nitrogens with one attached hydrogen (secondary N) is 1. The maximum atomic E-state index is 12.7. The summed E-state index contributed by atoms with van der Waals surface area (Å²) in [6.07, 6.45) is 1.14. The number of furan rings is 1. The van der Waals surface area contributed by atoms with E-state index in [9.17, 15) is 9.59 Å². The second kappa shape index (κ2) is 5.79. The molecule has 6 heteroatoms. The second-order valence-electron chi connectivity index (χ2n) is 5.58. The lowest BCUT2D eigenvalue weighted by atomic mass is 10.0. The molecule has 3 rings (SSSR count). The lowest BCUT2D eigenvalue weighted by molar-refractivity contribution is -0.119. The van der Waals surface area contributed by atoms with Gasteiger partial charge in [0.2, 0.25) is 5.91 Å². The zero-order valence-corrected chi connectivity index (χ0v) is 13.4. The van der Waals surface area contributed by atoms with Crippen LogP contribution in [0.5, 0.6) is 0 Å². The molecule has 0 spiro atoms. The van der Waals surface area contributed by atoms with Gasteiger partial charge in [0, 0.05) is 14.1 Å². The number of rotatable bonds is 3. The van der Waals surface area contributed by atoms with Crippen LogP contribution in [0.3, 0.4) is 0 Å². The van der Waals surface area contributed by atoms with Crippen molar-refractivity contribution in [3.05, 3.63) is 53.5 Å². The third-order valence-electron chi connectivity index (χ3n) is 4.16. The largest absolute Gasteiger partial charge is 0.465 e. The first-order valence-electron chi connectivity index (χ1n) is 7.42. The molecule has 0 bridgehead atoms. The van der Waals surface area contributed by atoms with E-state index >= 15 is 0 Å². The third-order valence-corrected chi connectivity index (χ3v) is 4.16. The molecule has 6 nitrogen and oxygen atoms in total. The van der Waals surface area contributed by atoms with Crippen molar-refractivity contribution < 1.29 is 14.0 Å². The number of benzene rings is 1. The molecule has 1 aliphatic heterocycles. The Balaban J connectivity index is 2.14. The van der Waals surface area contributed by atoms with Gasteiger partial charge in [0.05, 0.1) is 24.1 Å². The SMILES string of the molecule is CNC(=O)CN1c2ccccc2C(=O)N(C)C1c1occc1C. The normalized spacial score (nSPS) is 17.2. The van der Waals surface area contributed by atoms with Gasteiger partial charge in [-0.1, -0.05) is 12.1 Å². The van der Waals surface area contributed by atoms with Crippen LogP contribution in [-0.4, -0.2) is 37.4 Å². The minimum absolute atomic E-state index is 0.0884. The van der Waals surface area contributed by atoms with Crippen LogP contribution >= 0.6 is 0 Å². The molecule has 1 aromatic heterocycles. The van der Waals surface area contributed by atoms with Crippen molar-refractivity contribution >= 4 is 17.5 Å². The van der Waals surface area contributed by atoms with Crippen molar-refractivity contribution in [1.82, 2.24) is 10.2 Å². The minimum atomic E-state index is -0.454. The second-order valence-corrected chi connectivity index (χ2v) is 5.58. The van der Waals surface area contributed by atoms with E-state index in [2.05, 4.69) is 5.32 Å². The molecule has 0 radical (unpaired) electrons. The number of anilines is 1. The fourth-order valence-corrected chi connectivity index (χ4v) is 2.92. The highest BCUT2D eigenvalue weighted by Crippen LogP contribution is 2.38. The van der Waals surface area contributed by atoms with Crippen molar-refractivity contribution in [1.29, 1.82) is 0 Å². The molecule has 1 atom stereocenters. The van der Waals surface area contributed by atoms with Gasteiger partial charge in [-0.05, 0) is 30.7 Å². The lowest BCUT2D eigenvalue weighted by Gasteiger charge is -2.42. The van der Waals surface area contributed by atoms with Gasteiger partial charge in [-0.2, -0.15) is 0 Å². The van der Waals surface area contributed by atoms with Crippen LogP contribution in [0.1, 0.15) is 27.8 Å². The van der Waals surface area contributed by atoms with Crippen molar-refractivity contribution in [2.45, 2.75) is 13.1 Å². The topological polar surface area (TPSA) is 65.8 Å². The number of nitrogens with zero attached hydrogens (tertiary/aromatic N) is 2. The first kappa shape index (κ1) is 15.1. The van der Waals surface area contributed by atoms with E-state index in [-0.39, 0.29) is 18.4 Å². The Hall–Kier alpha value is -2.76. The molecule has 2 aromatic rings. The minimum Gasteiger partial charge on any atom is -0.465 e. The summed E-state index contributed by atoms with van der Waals surface area (Å²) in [6.45, 7) is 2.06. The number of fused-ring (bicyclic) bond motifs is 1. The molecule has 2 amide bonds. The molecule has 23 heavy (non-hydrogen) atoms. The summed E-state index contributed by atoms with van der Waals surface area (Å²) in [4.78, 5) is 28.2. The van der Waals surface area contributed by atoms with Crippen LogP contribution in [-0.2, 0) is 4.79 Å². The highest BCUT2D eigenvalue weighted by Gasteiger charge is 2.39. The van der Waals surface area contributed by atoms with Crippen molar-refractivity contribution in [3.8, 4) is 0 Å². The molecule has 0 fully saturated rings. The number of amides is 2. The quantitative estimate of drug-likeness (QED) is 0.940. The van der Waals surface area contributed by atoms with E-state index < -0.39 is 6.17 Å². The van der Waals surface area contributed by atoms with Gasteiger partial charge in [0.1, 0.15) is 5.76 Å². The van der Waals surface area contributed by atoms with Gasteiger partial charge in [-0.3, -0.25) is 9.59 Å². The third kappa shape index (κ3) is 2.46. The molecule has 1 aromatic carbocycles. The first-order chi connectivity index (χ1) is 11.0. The summed E-state index contributed by atoms with van der Waals surface area (Å²) in [7, 11) is 3.32. The fraction of sp³-hybridized carbons (Fsp3) is 0.294. The smallest absolute Gasteiger partial charge is 0.257 e. The van der Waals surface area contributed by atoms with Crippen LogP contribution in [0.15, 0.2) is 41.0 Å². The van der Waals surface area contributed by atoms with Crippen LogP contribution in [0.2, 0.25) is 0 Å². The number of hydrogen-bond donors (Lipinski definition) is 1. The van der Waals surface area contributed by atoms with Gasteiger partial charge in [-0.25, -0.2) is 0 Å². The fourth-order valence-electron chi connectivity index (χ4n) is 2.92. The molecular weight excluding hydrogens is 294 g/mol.